The summed E-state index contributed by atoms with van der Waals surface area (Å²) < 4.78 is 0. The van der Waals surface area contributed by atoms with Gasteiger partial charge in [-0.15, -0.1) is 0 Å². The van der Waals surface area contributed by atoms with Gasteiger partial charge in [0.2, 0.25) is 0 Å². The van der Waals surface area contributed by atoms with E-state index in [2.05, 4.69) is 25.3 Å². The van der Waals surface area contributed by atoms with Crippen molar-refractivity contribution in [3.05, 3.63) is 30.4 Å². The highest BCUT2D eigenvalue weighted by Crippen LogP contribution is 2.32. The minimum absolute atomic E-state index is 0.122. The Bertz CT molecular complexity index is 748. The molecule has 0 amide bonds. The smallest absolute Gasteiger partial charge is 0.162 e. The summed E-state index contributed by atoms with van der Waals surface area (Å²) in [6.07, 6.45) is 2.87. The number of phenols is 3. The summed E-state index contributed by atoms with van der Waals surface area (Å²) >= 11 is 0. The van der Waals surface area contributed by atoms with Crippen molar-refractivity contribution < 1.29 is 15.3 Å². The second-order valence-electron chi connectivity index (χ2n) is 4.14. The van der Waals surface area contributed by atoms with Crippen LogP contribution in [0.4, 0.5) is 5.82 Å². The van der Waals surface area contributed by atoms with Gasteiger partial charge in [0.25, 0.3) is 0 Å². The number of imidazole rings is 1. The number of hydrogen-bond acceptors (Lipinski definition) is 7. The fourth-order valence-corrected chi connectivity index (χ4v) is 1.87. The number of fused-ring (bicyclic) bond motifs is 1. The van der Waals surface area contributed by atoms with Gasteiger partial charge in [-0.2, -0.15) is 0 Å². The van der Waals surface area contributed by atoms with Crippen molar-refractivity contribution in [1.82, 2.24) is 19.9 Å². The molecule has 0 spiro atoms. The molecule has 0 atom stereocenters. The van der Waals surface area contributed by atoms with Crippen LogP contribution < -0.4 is 5.32 Å². The van der Waals surface area contributed by atoms with Crippen LogP contribution in [-0.4, -0.2) is 35.3 Å². The zero-order valence-electron chi connectivity index (χ0n) is 10.2. The average Bonchev–Trinajstić information content (AvgIpc) is 2.86. The third kappa shape index (κ3) is 2.03. The molecule has 3 aromatic rings. The average molecular weight is 273 g/mol. The van der Waals surface area contributed by atoms with Gasteiger partial charge in [0.15, 0.2) is 11.5 Å². The number of nitrogens with zero attached hydrogens (tertiary/aromatic N) is 3. The third-order valence-electron chi connectivity index (χ3n) is 2.84. The largest absolute Gasteiger partial charge is 0.508 e. The van der Waals surface area contributed by atoms with Gasteiger partial charge in [0, 0.05) is 18.7 Å². The van der Waals surface area contributed by atoms with E-state index < -0.39 is 0 Å². The number of nitrogens with one attached hydrogen (secondary N) is 2. The first-order valence-electron chi connectivity index (χ1n) is 5.77. The zero-order chi connectivity index (χ0) is 14.1. The quantitative estimate of drug-likeness (QED) is 0.483. The molecular formula is C12H11N5O3. The topological polar surface area (TPSA) is 127 Å². The Kier molecular flexibility index (Phi) is 2.75. The third-order valence-corrected chi connectivity index (χ3v) is 2.84. The highest BCUT2D eigenvalue weighted by atomic mass is 16.3. The van der Waals surface area contributed by atoms with Crippen LogP contribution in [-0.2, 0) is 6.54 Å². The van der Waals surface area contributed by atoms with E-state index in [0.717, 1.165) is 12.1 Å². The predicted octanol–water partition coefficient (Wildman–Crippen LogP) is 1.08. The number of aromatic amines is 1. The summed E-state index contributed by atoms with van der Waals surface area (Å²) in [4.78, 5) is 15.0. The molecule has 0 saturated heterocycles. The van der Waals surface area contributed by atoms with Gasteiger partial charge < -0.3 is 25.6 Å². The van der Waals surface area contributed by atoms with E-state index in [1.54, 1.807) is 0 Å². The van der Waals surface area contributed by atoms with Crippen LogP contribution in [0.25, 0.3) is 11.2 Å². The lowest BCUT2D eigenvalue weighted by atomic mass is 10.1. The fraction of sp³-hybridized carbons (Fsp3) is 0.0833. The molecule has 5 N–H and O–H groups in total. The van der Waals surface area contributed by atoms with Crippen molar-refractivity contribution >= 4 is 17.0 Å². The van der Waals surface area contributed by atoms with Crippen molar-refractivity contribution in [2.45, 2.75) is 6.54 Å². The molecule has 0 aliphatic rings. The maximum absolute atomic E-state index is 9.71. The summed E-state index contributed by atoms with van der Waals surface area (Å²) in [6.45, 7) is 0.122. The Morgan fingerprint density at radius 3 is 2.55 bits per heavy atom. The van der Waals surface area contributed by atoms with Gasteiger partial charge in [0.1, 0.15) is 29.1 Å². The maximum atomic E-state index is 9.71. The van der Waals surface area contributed by atoms with E-state index in [-0.39, 0.29) is 29.4 Å². The summed E-state index contributed by atoms with van der Waals surface area (Å²) in [5.41, 5.74) is 1.40. The van der Waals surface area contributed by atoms with Crippen LogP contribution in [0.1, 0.15) is 5.56 Å². The molecule has 20 heavy (non-hydrogen) atoms. The molecule has 0 radical (unpaired) electrons. The van der Waals surface area contributed by atoms with Gasteiger partial charge in [-0.1, -0.05) is 0 Å². The first kappa shape index (κ1) is 12.0. The Morgan fingerprint density at radius 2 is 1.80 bits per heavy atom. The molecule has 0 fully saturated rings. The number of benzene rings is 1. The minimum atomic E-state index is -0.208. The molecule has 2 heterocycles. The Balaban J connectivity index is 1.89. The molecular weight excluding hydrogens is 262 g/mol. The van der Waals surface area contributed by atoms with Crippen molar-refractivity contribution in [1.29, 1.82) is 0 Å². The number of aromatic nitrogens is 4. The Morgan fingerprint density at radius 1 is 1.05 bits per heavy atom. The number of hydrogen-bond donors (Lipinski definition) is 5. The van der Waals surface area contributed by atoms with Gasteiger partial charge >= 0.3 is 0 Å². The molecule has 0 aliphatic carbocycles. The first-order chi connectivity index (χ1) is 9.65. The van der Waals surface area contributed by atoms with E-state index in [4.69, 9.17) is 0 Å². The predicted molar refractivity (Wildman–Crippen MR) is 70.4 cm³/mol. The highest BCUT2D eigenvalue weighted by Gasteiger charge is 2.11. The molecule has 0 bridgehead atoms. The molecule has 0 unspecified atom stereocenters. The first-order valence-corrected chi connectivity index (χ1v) is 5.77. The van der Waals surface area contributed by atoms with Gasteiger partial charge in [-0.25, -0.2) is 15.0 Å². The lowest BCUT2D eigenvalue weighted by Gasteiger charge is -2.10. The van der Waals surface area contributed by atoms with Crippen molar-refractivity contribution in [3.8, 4) is 17.2 Å². The fourth-order valence-electron chi connectivity index (χ4n) is 1.87. The normalized spacial score (nSPS) is 10.8. The second kappa shape index (κ2) is 4.57. The molecule has 102 valence electrons. The monoisotopic (exact) mass is 273 g/mol. The van der Waals surface area contributed by atoms with Crippen LogP contribution in [0.2, 0.25) is 0 Å². The van der Waals surface area contributed by atoms with E-state index in [1.165, 1.54) is 12.7 Å². The zero-order valence-corrected chi connectivity index (χ0v) is 10.2. The number of H-pyrrole nitrogens is 1. The Labute approximate surface area is 112 Å². The SMILES string of the molecule is Oc1cc(O)c(CNc2ncnc3[nH]cnc23)c(O)c1. The second-order valence-corrected chi connectivity index (χ2v) is 4.14. The van der Waals surface area contributed by atoms with Crippen LogP contribution >= 0.6 is 0 Å². The Hall–Kier alpha value is -3.03. The van der Waals surface area contributed by atoms with E-state index >= 15 is 0 Å². The maximum Gasteiger partial charge on any atom is 0.162 e. The van der Waals surface area contributed by atoms with Gasteiger partial charge in [-0.05, 0) is 0 Å². The number of anilines is 1. The van der Waals surface area contributed by atoms with Crippen molar-refractivity contribution in [3.63, 3.8) is 0 Å². The van der Waals surface area contributed by atoms with Gasteiger partial charge in [0.05, 0.1) is 11.9 Å². The van der Waals surface area contributed by atoms with Crippen LogP contribution in [0.5, 0.6) is 17.2 Å². The summed E-state index contributed by atoms with van der Waals surface area (Å²) in [5, 5.41) is 31.6. The molecule has 3 rings (SSSR count). The molecule has 2 aromatic heterocycles. The summed E-state index contributed by atoms with van der Waals surface area (Å²) in [7, 11) is 0. The van der Waals surface area contributed by atoms with Crippen LogP contribution in [0.3, 0.4) is 0 Å². The van der Waals surface area contributed by atoms with Crippen molar-refractivity contribution in [2.75, 3.05) is 5.32 Å². The lowest BCUT2D eigenvalue weighted by molar-refractivity contribution is 0.420. The molecule has 1 aromatic carbocycles. The molecule has 0 saturated carbocycles. The number of phenolic OH excluding ortho intramolecular Hbond substituents is 3. The van der Waals surface area contributed by atoms with Crippen LogP contribution in [0, 0.1) is 0 Å². The van der Waals surface area contributed by atoms with E-state index in [9.17, 15) is 15.3 Å². The van der Waals surface area contributed by atoms with Crippen molar-refractivity contribution in [2.24, 2.45) is 0 Å². The van der Waals surface area contributed by atoms with Gasteiger partial charge in [-0.3, -0.25) is 0 Å². The molecule has 8 nitrogen and oxygen atoms in total. The van der Waals surface area contributed by atoms with Crippen LogP contribution in [0.15, 0.2) is 24.8 Å². The standard InChI is InChI=1S/C12H11N5O3/c18-6-1-8(19)7(9(20)2-6)3-13-11-10-12(15-4-14-10)17-5-16-11/h1-2,4-5,18-20H,3H2,(H2,13,14,15,16,17). The summed E-state index contributed by atoms with van der Waals surface area (Å²) in [6, 6.07) is 2.31. The molecule has 0 aliphatic heterocycles. The molecule has 8 heteroatoms. The van der Waals surface area contributed by atoms with E-state index in [0.29, 0.717) is 17.0 Å². The lowest BCUT2D eigenvalue weighted by Crippen LogP contribution is -2.03. The summed E-state index contributed by atoms with van der Waals surface area (Å²) in [5.74, 6) is -0.145. The number of aromatic hydroxyl groups is 3. The highest BCUT2D eigenvalue weighted by molar-refractivity contribution is 5.81. The minimum Gasteiger partial charge on any atom is -0.508 e. The number of rotatable bonds is 3. The van der Waals surface area contributed by atoms with E-state index in [1.807, 2.05) is 0 Å².